The van der Waals surface area contributed by atoms with E-state index < -0.39 is 17.3 Å². The van der Waals surface area contributed by atoms with Crippen molar-refractivity contribution in [2.24, 2.45) is 7.05 Å². The molecule has 2 heterocycles. The Kier molecular flexibility index (Phi) is 3.97. The van der Waals surface area contributed by atoms with Crippen LogP contribution in [0.2, 0.25) is 5.15 Å². The maximum atomic E-state index is 11.9. The first kappa shape index (κ1) is 16.1. The first-order valence-corrected chi connectivity index (χ1v) is 7.27. The molecule has 2 rings (SSSR count). The number of carbonyl (C=O) groups excluding carboxylic acids is 1. The van der Waals surface area contributed by atoms with Crippen molar-refractivity contribution in [2.75, 3.05) is 13.1 Å². The Hall–Kier alpha value is -1.27. The molecule has 0 aliphatic carbocycles. The van der Waals surface area contributed by atoms with E-state index in [1.807, 2.05) is 27.7 Å². The first-order valence-electron chi connectivity index (χ1n) is 6.89. The average Bonchev–Trinajstić information content (AvgIpc) is 2.50. The Morgan fingerprint density at radius 3 is 2.48 bits per heavy atom. The molecular weight excluding hydrogens is 294 g/mol. The van der Waals surface area contributed by atoms with E-state index in [0.29, 0.717) is 11.6 Å². The first-order chi connectivity index (χ1) is 9.51. The topological polar surface area (TPSA) is 67.6 Å². The zero-order chi connectivity index (χ0) is 16.0. The number of aromatic nitrogens is 2. The molecule has 1 aromatic heterocycles. The molecule has 0 spiro atoms. The third kappa shape index (κ3) is 3.49. The van der Waals surface area contributed by atoms with E-state index >= 15 is 0 Å². The van der Waals surface area contributed by atoms with Crippen LogP contribution >= 0.6 is 11.6 Å². The van der Waals surface area contributed by atoms with Gasteiger partial charge >= 0.3 is 6.09 Å². The van der Waals surface area contributed by atoms with Gasteiger partial charge in [0.15, 0.2) is 0 Å². The maximum Gasteiger partial charge on any atom is 0.410 e. The van der Waals surface area contributed by atoms with Crippen LogP contribution in [0.3, 0.4) is 0 Å². The Labute approximate surface area is 129 Å². The lowest BCUT2D eigenvalue weighted by molar-refractivity contribution is -0.0974. The summed E-state index contributed by atoms with van der Waals surface area (Å²) in [5.41, 5.74) is 0.125. The molecule has 6 nitrogen and oxygen atoms in total. The quantitative estimate of drug-likeness (QED) is 0.905. The third-order valence-electron chi connectivity index (χ3n) is 3.40. The van der Waals surface area contributed by atoms with E-state index in [-0.39, 0.29) is 13.1 Å². The molecule has 0 radical (unpaired) electrons. The predicted octanol–water partition coefficient (Wildman–Crippen LogP) is 1.91. The molecule has 1 saturated heterocycles. The zero-order valence-corrected chi connectivity index (χ0v) is 13.9. The summed E-state index contributed by atoms with van der Waals surface area (Å²) in [6.07, 6.45) is -0.0219. The lowest BCUT2D eigenvalue weighted by Gasteiger charge is -2.46. The van der Waals surface area contributed by atoms with Gasteiger partial charge in [-0.3, -0.25) is 4.68 Å². The van der Waals surface area contributed by atoms with E-state index in [4.69, 9.17) is 16.3 Å². The SMILES string of the molecule is Cc1nn(C)c(Cl)c1CC1(O)CN(C(=O)OC(C)(C)C)C1. The molecule has 1 aliphatic heterocycles. The van der Waals surface area contributed by atoms with Crippen LogP contribution < -0.4 is 0 Å². The van der Waals surface area contributed by atoms with Gasteiger partial charge in [-0.2, -0.15) is 5.10 Å². The molecule has 0 bridgehead atoms. The fraction of sp³-hybridized carbons (Fsp3) is 0.714. The number of ether oxygens (including phenoxy) is 1. The second kappa shape index (κ2) is 5.18. The molecule has 0 aromatic carbocycles. The summed E-state index contributed by atoms with van der Waals surface area (Å²) in [5, 5.41) is 15.2. The van der Waals surface area contributed by atoms with Crippen LogP contribution in [-0.4, -0.2) is 50.2 Å². The molecule has 0 saturated carbocycles. The highest BCUT2D eigenvalue weighted by Gasteiger charge is 2.46. The van der Waals surface area contributed by atoms with E-state index in [9.17, 15) is 9.90 Å². The summed E-state index contributed by atoms with van der Waals surface area (Å²) in [7, 11) is 1.76. The number of rotatable bonds is 2. The zero-order valence-electron chi connectivity index (χ0n) is 13.1. The number of hydrogen-bond acceptors (Lipinski definition) is 4. The number of carbonyl (C=O) groups is 1. The number of nitrogens with zero attached hydrogens (tertiary/aromatic N) is 3. The van der Waals surface area contributed by atoms with Crippen molar-refractivity contribution in [1.29, 1.82) is 0 Å². The van der Waals surface area contributed by atoms with Crippen LogP contribution in [0.4, 0.5) is 4.79 Å². The average molecular weight is 316 g/mol. The largest absolute Gasteiger partial charge is 0.444 e. The molecule has 0 unspecified atom stereocenters. The van der Waals surface area contributed by atoms with Crippen molar-refractivity contribution in [2.45, 2.75) is 45.3 Å². The second-order valence-corrected chi connectivity index (χ2v) is 7.07. The Morgan fingerprint density at radius 2 is 2.05 bits per heavy atom. The fourth-order valence-electron chi connectivity index (χ4n) is 2.44. The van der Waals surface area contributed by atoms with Crippen molar-refractivity contribution in [3.05, 3.63) is 16.4 Å². The van der Waals surface area contributed by atoms with Crippen LogP contribution in [0.15, 0.2) is 0 Å². The molecule has 118 valence electrons. The van der Waals surface area contributed by atoms with Crippen LogP contribution in [0.25, 0.3) is 0 Å². The van der Waals surface area contributed by atoms with Gasteiger partial charge in [-0.15, -0.1) is 0 Å². The van der Waals surface area contributed by atoms with Crippen molar-refractivity contribution in [3.8, 4) is 0 Å². The third-order valence-corrected chi connectivity index (χ3v) is 3.87. The van der Waals surface area contributed by atoms with Gasteiger partial charge in [-0.1, -0.05) is 11.6 Å². The van der Waals surface area contributed by atoms with Gasteiger partial charge in [0.2, 0.25) is 0 Å². The number of aryl methyl sites for hydroxylation is 2. The highest BCUT2D eigenvalue weighted by atomic mass is 35.5. The van der Waals surface area contributed by atoms with Gasteiger partial charge < -0.3 is 14.7 Å². The highest BCUT2D eigenvalue weighted by molar-refractivity contribution is 6.30. The van der Waals surface area contributed by atoms with Crippen molar-refractivity contribution in [1.82, 2.24) is 14.7 Å². The molecule has 1 amide bonds. The van der Waals surface area contributed by atoms with Gasteiger partial charge in [0.05, 0.1) is 18.8 Å². The number of halogens is 1. The number of β-amino-alcohol motifs (C(OH)–C–C–N with tert-alkyl or cyclic N) is 1. The van der Waals surface area contributed by atoms with Gasteiger partial charge in [-0.25, -0.2) is 4.79 Å². The lowest BCUT2D eigenvalue weighted by Crippen LogP contribution is -2.65. The minimum atomic E-state index is -0.964. The minimum Gasteiger partial charge on any atom is -0.444 e. The standard InChI is InChI=1S/C14H22ClN3O3/c1-9-10(11(15)17(5)16-9)6-14(20)7-18(8-14)12(19)21-13(2,3)4/h20H,6-8H2,1-5H3. The number of hydrogen-bond donors (Lipinski definition) is 1. The smallest absolute Gasteiger partial charge is 0.410 e. The maximum absolute atomic E-state index is 11.9. The van der Waals surface area contributed by atoms with Crippen LogP contribution in [0, 0.1) is 6.92 Å². The number of amides is 1. The Bertz CT molecular complexity index is 557. The monoisotopic (exact) mass is 315 g/mol. The summed E-state index contributed by atoms with van der Waals surface area (Å²) < 4.78 is 6.85. The van der Waals surface area contributed by atoms with E-state index in [0.717, 1.165) is 11.3 Å². The van der Waals surface area contributed by atoms with Gasteiger partial charge in [-0.05, 0) is 27.7 Å². The summed E-state index contributed by atoms with van der Waals surface area (Å²) in [6.45, 7) is 7.79. The summed E-state index contributed by atoms with van der Waals surface area (Å²) in [6, 6.07) is 0. The van der Waals surface area contributed by atoms with Gasteiger partial charge in [0, 0.05) is 19.0 Å². The molecule has 1 fully saturated rings. The van der Waals surface area contributed by atoms with Crippen LogP contribution in [0.5, 0.6) is 0 Å². The summed E-state index contributed by atoms with van der Waals surface area (Å²) in [4.78, 5) is 13.4. The number of aliphatic hydroxyl groups is 1. The predicted molar refractivity (Wildman–Crippen MR) is 79.4 cm³/mol. The molecule has 21 heavy (non-hydrogen) atoms. The van der Waals surface area contributed by atoms with E-state index in [2.05, 4.69) is 5.10 Å². The Morgan fingerprint density at radius 1 is 1.48 bits per heavy atom. The fourth-order valence-corrected chi connectivity index (χ4v) is 2.68. The molecule has 1 N–H and O–H groups in total. The number of likely N-dealkylation sites (tertiary alicyclic amines) is 1. The van der Waals surface area contributed by atoms with Crippen LogP contribution in [-0.2, 0) is 18.2 Å². The summed E-state index contributed by atoms with van der Waals surface area (Å²) >= 11 is 6.17. The minimum absolute atomic E-state index is 0.243. The van der Waals surface area contributed by atoms with Crippen molar-refractivity contribution >= 4 is 17.7 Å². The highest BCUT2D eigenvalue weighted by Crippen LogP contribution is 2.30. The normalized spacial score (nSPS) is 17.6. The van der Waals surface area contributed by atoms with Gasteiger partial charge in [0.25, 0.3) is 0 Å². The van der Waals surface area contributed by atoms with Crippen LogP contribution in [0.1, 0.15) is 32.0 Å². The summed E-state index contributed by atoms with van der Waals surface area (Å²) in [5.74, 6) is 0. The lowest BCUT2D eigenvalue weighted by atomic mass is 9.87. The molecule has 0 atom stereocenters. The van der Waals surface area contributed by atoms with Crippen molar-refractivity contribution in [3.63, 3.8) is 0 Å². The second-order valence-electron chi connectivity index (χ2n) is 6.72. The molecular formula is C14H22ClN3O3. The van der Waals surface area contributed by atoms with Gasteiger partial charge in [0.1, 0.15) is 16.4 Å². The molecule has 7 heteroatoms. The molecule has 1 aliphatic rings. The van der Waals surface area contributed by atoms with E-state index in [1.165, 1.54) is 4.90 Å². The molecule has 1 aromatic rings. The van der Waals surface area contributed by atoms with Crippen molar-refractivity contribution < 1.29 is 14.6 Å². The van der Waals surface area contributed by atoms with E-state index in [1.54, 1.807) is 11.7 Å². The Balaban J connectivity index is 1.97.